The number of hydrogen-bond donors (Lipinski definition) is 2. The molecule has 2 aliphatic rings. The lowest BCUT2D eigenvalue weighted by Crippen LogP contribution is -2.65. The number of likely N-dealkylation sites (tertiary alicyclic amines) is 1. The number of imidazole rings is 1. The number of halogens is 3. The van der Waals surface area contributed by atoms with E-state index in [0.29, 0.717) is 37.1 Å². The van der Waals surface area contributed by atoms with Crippen molar-refractivity contribution < 1.29 is 23.1 Å². The lowest BCUT2D eigenvalue weighted by Gasteiger charge is -2.48. The lowest BCUT2D eigenvalue weighted by atomic mass is 9.76. The molecular formula is C23H23F3N4O2. The van der Waals surface area contributed by atoms with Crippen molar-refractivity contribution in [2.24, 2.45) is 0 Å². The molecule has 6 nitrogen and oxygen atoms in total. The predicted molar refractivity (Wildman–Crippen MR) is 111 cm³/mol. The van der Waals surface area contributed by atoms with Crippen LogP contribution in [0, 0.1) is 6.92 Å². The number of aliphatic hydroxyl groups excluding tert-OH is 1. The molecule has 4 heterocycles. The summed E-state index contributed by atoms with van der Waals surface area (Å²) >= 11 is 0. The van der Waals surface area contributed by atoms with Gasteiger partial charge in [0.1, 0.15) is 11.3 Å². The number of nitrogens with zero attached hydrogens (tertiary/aromatic N) is 3. The molecule has 1 fully saturated rings. The van der Waals surface area contributed by atoms with Gasteiger partial charge in [-0.05, 0) is 42.5 Å². The highest BCUT2D eigenvalue weighted by Gasteiger charge is 2.45. The number of fused-ring (bicyclic) bond motifs is 2. The van der Waals surface area contributed by atoms with E-state index in [1.54, 1.807) is 0 Å². The number of β-amino-alcohol motifs (C(OH)–C–C–N with tert-alkyl or cyclic N) is 1. The zero-order valence-corrected chi connectivity index (χ0v) is 17.5. The van der Waals surface area contributed by atoms with Gasteiger partial charge in [-0.3, -0.25) is 4.79 Å². The van der Waals surface area contributed by atoms with Crippen molar-refractivity contribution in [3.05, 3.63) is 70.7 Å². The highest BCUT2D eigenvalue weighted by atomic mass is 19.4. The zero-order valence-electron chi connectivity index (χ0n) is 17.5. The molecule has 1 aromatic carbocycles. The van der Waals surface area contributed by atoms with Crippen LogP contribution >= 0.6 is 0 Å². The average Bonchev–Trinajstić information content (AvgIpc) is 3.20. The Morgan fingerprint density at radius 2 is 2.00 bits per heavy atom. The molecule has 2 aliphatic heterocycles. The number of piperidine rings is 1. The molecule has 168 valence electrons. The number of aryl methyl sites for hydroxylation is 1. The number of pyridine rings is 1. The van der Waals surface area contributed by atoms with E-state index in [2.05, 4.69) is 22.4 Å². The molecule has 0 unspecified atom stereocenters. The number of carbonyl (C=O) groups is 1. The van der Waals surface area contributed by atoms with Crippen molar-refractivity contribution in [1.29, 1.82) is 0 Å². The normalized spacial score (nSPS) is 23.5. The summed E-state index contributed by atoms with van der Waals surface area (Å²) in [7, 11) is 0. The third-order valence-corrected chi connectivity index (χ3v) is 6.68. The first-order valence-corrected chi connectivity index (χ1v) is 10.5. The topological polar surface area (TPSA) is 69.9 Å². The third-order valence-electron chi connectivity index (χ3n) is 6.68. The summed E-state index contributed by atoms with van der Waals surface area (Å²) in [5.41, 5.74) is 1.82. The van der Waals surface area contributed by atoms with Crippen molar-refractivity contribution in [3.63, 3.8) is 0 Å². The van der Waals surface area contributed by atoms with Crippen LogP contribution in [0.15, 0.2) is 42.7 Å². The zero-order chi connectivity index (χ0) is 22.7. The van der Waals surface area contributed by atoms with Crippen LogP contribution < -0.4 is 5.32 Å². The molecule has 2 N–H and O–H groups in total. The van der Waals surface area contributed by atoms with Crippen molar-refractivity contribution in [2.75, 3.05) is 13.1 Å². The summed E-state index contributed by atoms with van der Waals surface area (Å²) in [5.74, 6) is -0.397. The molecule has 1 saturated heterocycles. The van der Waals surface area contributed by atoms with Gasteiger partial charge in [0.15, 0.2) is 0 Å². The van der Waals surface area contributed by atoms with Gasteiger partial charge >= 0.3 is 6.18 Å². The van der Waals surface area contributed by atoms with Crippen LogP contribution in [0.3, 0.4) is 0 Å². The van der Waals surface area contributed by atoms with E-state index in [4.69, 9.17) is 0 Å². The SMILES string of the molecule is Cc1cc(C(F)(F)F)cn2cc(C(=O)N3CC[C@]4(Cc5ccccc5CN4)[C@H](O)C3)nc12. The number of rotatable bonds is 1. The maximum Gasteiger partial charge on any atom is 0.417 e. The smallest absolute Gasteiger partial charge is 0.389 e. The molecule has 1 spiro atoms. The van der Waals surface area contributed by atoms with E-state index in [9.17, 15) is 23.1 Å². The summed E-state index contributed by atoms with van der Waals surface area (Å²) in [5, 5.41) is 14.5. The predicted octanol–water partition coefficient (Wildman–Crippen LogP) is 2.95. The van der Waals surface area contributed by atoms with E-state index in [0.717, 1.165) is 12.3 Å². The quantitative estimate of drug-likeness (QED) is 0.606. The Bertz CT molecular complexity index is 1210. The van der Waals surface area contributed by atoms with E-state index in [1.165, 1.54) is 33.5 Å². The standard InChI is InChI=1S/C23H23F3N4O2/c1-14-8-17(23(24,25)26)11-30-12-18(28-20(14)30)21(32)29-7-6-22(19(31)13-29)9-15-4-2-3-5-16(15)10-27-22/h2-5,8,11-12,19,27,31H,6-7,9-10,13H2,1H3/t19-,22+/m1/s1. The minimum atomic E-state index is -4.48. The van der Waals surface area contributed by atoms with Crippen molar-refractivity contribution in [3.8, 4) is 0 Å². The number of hydrogen-bond acceptors (Lipinski definition) is 4. The average molecular weight is 444 g/mol. The van der Waals surface area contributed by atoms with E-state index in [1.807, 2.05) is 12.1 Å². The molecule has 0 radical (unpaired) electrons. The number of nitrogens with one attached hydrogen (secondary N) is 1. The fourth-order valence-corrected chi connectivity index (χ4v) is 4.84. The Hall–Kier alpha value is -2.91. The molecule has 32 heavy (non-hydrogen) atoms. The van der Waals surface area contributed by atoms with Gasteiger partial charge in [0.25, 0.3) is 5.91 Å². The van der Waals surface area contributed by atoms with Crippen molar-refractivity contribution >= 4 is 11.6 Å². The summed E-state index contributed by atoms with van der Waals surface area (Å²) in [4.78, 5) is 18.9. The fraction of sp³-hybridized carbons (Fsp3) is 0.391. The van der Waals surface area contributed by atoms with E-state index < -0.39 is 29.3 Å². The maximum atomic E-state index is 13.1. The van der Waals surface area contributed by atoms with Crippen LogP contribution in [0.25, 0.3) is 5.65 Å². The molecule has 2 atom stereocenters. The Morgan fingerprint density at radius 1 is 1.25 bits per heavy atom. The lowest BCUT2D eigenvalue weighted by molar-refractivity contribution is -0.137. The maximum absolute atomic E-state index is 13.1. The first-order valence-electron chi connectivity index (χ1n) is 10.5. The Labute approximate surface area is 182 Å². The van der Waals surface area contributed by atoms with Gasteiger partial charge in [-0.1, -0.05) is 24.3 Å². The highest BCUT2D eigenvalue weighted by Crippen LogP contribution is 2.33. The highest BCUT2D eigenvalue weighted by molar-refractivity contribution is 5.93. The van der Waals surface area contributed by atoms with Crippen LogP contribution in [0.5, 0.6) is 0 Å². The third kappa shape index (κ3) is 3.45. The molecule has 9 heteroatoms. The van der Waals surface area contributed by atoms with Crippen LogP contribution in [-0.2, 0) is 19.1 Å². The summed E-state index contributed by atoms with van der Waals surface area (Å²) in [6.07, 6.45) is -1.74. The van der Waals surface area contributed by atoms with Crippen LogP contribution in [0.4, 0.5) is 13.2 Å². The molecule has 2 aromatic heterocycles. The van der Waals surface area contributed by atoms with Gasteiger partial charge in [-0.25, -0.2) is 4.98 Å². The second kappa shape index (κ2) is 7.31. The van der Waals surface area contributed by atoms with Gasteiger partial charge < -0.3 is 19.7 Å². The summed E-state index contributed by atoms with van der Waals surface area (Å²) < 4.78 is 40.6. The number of benzene rings is 1. The second-order valence-electron chi connectivity index (χ2n) is 8.74. The van der Waals surface area contributed by atoms with Gasteiger partial charge in [0.05, 0.1) is 17.2 Å². The Balaban J connectivity index is 1.36. The fourth-order valence-electron chi connectivity index (χ4n) is 4.84. The second-order valence-corrected chi connectivity index (χ2v) is 8.74. The van der Waals surface area contributed by atoms with Gasteiger partial charge in [-0.15, -0.1) is 0 Å². The van der Waals surface area contributed by atoms with Crippen molar-refractivity contribution in [2.45, 2.75) is 44.1 Å². The number of aliphatic hydroxyl groups is 1. The molecule has 5 rings (SSSR count). The summed E-state index contributed by atoms with van der Waals surface area (Å²) in [6.45, 7) is 2.75. The van der Waals surface area contributed by atoms with Gasteiger partial charge in [-0.2, -0.15) is 13.2 Å². The van der Waals surface area contributed by atoms with Crippen LogP contribution in [0.1, 0.15) is 39.2 Å². The number of aromatic nitrogens is 2. The molecule has 0 bridgehead atoms. The number of amides is 1. The molecule has 1 amide bonds. The van der Waals surface area contributed by atoms with Crippen molar-refractivity contribution in [1.82, 2.24) is 19.6 Å². The number of alkyl halides is 3. The molecule has 0 saturated carbocycles. The van der Waals surface area contributed by atoms with Crippen LogP contribution in [-0.4, -0.2) is 50.0 Å². The molecular weight excluding hydrogens is 421 g/mol. The minimum Gasteiger partial charge on any atom is -0.389 e. The Morgan fingerprint density at radius 3 is 2.72 bits per heavy atom. The Kier molecular flexibility index (Phi) is 4.79. The van der Waals surface area contributed by atoms with Crippen LogP contribution in [0.2, 0.25) is 0 Å². The first-order chi connectivity index (χ1) is 15.2. The van der Waals surface area contributed by atoms with Gasteiger partial charge in [0.2, 0.25) is 0 Å². The monoisotopic (exact) mass is 444 g/mol. The summed E-state index contributed by atoms with van der Waals surface area (Å²) in [6, 6.07) is 9.13. The molecule has 3 aromatic rings. The largest absolute Gasteiger partial charge is 0.417 e. The minimum absolute atomic E-state index is 0.0672. The first kappa shape index (κ1) is 21.0. The van der Waals surface area contributed by atoms with E-state index in [-0.39, 0.29) is 12.2 Å². The van der Waals surface area contributed by atoms with E-state index >= 15 is 0 Å². The number of carbonyl (C=O) groups excluding carboxylic acids is 1. The molecule has 0 aliphatic carbocycles. The van der Waals surface area contributed by atoms with Gasteiger partial charge in [0, 0.05) is 32.0 Å².